The fourth-order valence-corrected chi connectivity index (χ4v) is 3.01. The zero-order valence-corrected chi connectivity index (χ0v) is 17.5. The molecule has 0 aliphatic heterocycles. The van der Waals surface area contributed by atoms with Crippen LogP contribution >= 0.6 is 0 Å². The summed E-state index contributed by atoms with van der Waals surface area (Å²) in [5, 5.41) is 9.57. The van der Waals surface area contributed by atoms with Crippen LogP contribution in [0.5, 0.6) is 5.75 Å². The van der Waals surface area contributed by atoms with Crippen molar-refractivity contribution in [2.45, 2.75) is 46.1 Å². The normalized spacial score (nSPS) is 14.9. The number of rotatable bonds is 10. The van der Waals surface area contributed by atoms with Gasteiger partial charge in [-0.15, -0.1) is 0 Å². The Balaban J connectivity index is 1.87. The summed E-state index contributed by atoms with van der Waals surface area (Å²) in [6.45, 7) is 8.34. The average Bonchev–Trinajstić information content (AvgIpc) is 3.51. The maximum atomic E-state index is 11.7. The zero-order chi connectivity index (χ0) is 20.4. The lowest BCUT2D eigenvalue weighted by Gasteiger charge is -2.17. The van der Waals surface area contributed by atoms with E-state index < -0.39 is 0 Å². The summed E-state index contributed by atoms with van der Waals surface area (Å²) in [7, 11) is 1.70. The van der Waals surface area contributed by atoms with Gasteiger partial charge in [0.15, 0.2) is 5.96 Å². The molecular formula is C21H34N4O3. The second-order valence-corrected chi connectivity index (χ2v) is 7.01. The Hall–Kier alpha value is -2.44. The third kappa shape index (κ3) is 7.29. The third-order valence-corrected chi connectivity index (χ3v) is 4.74. The van der Waals surface area contributed by atoms with Crippen LogP contribution in [0.3, 0.4) is 0 Å². The van der Waals surface area contributed by atoms with Gasteiger partial charge in [-0.05, 0) is 63.1 Å². The van der Waals surface area contributed by atoms with Crippen molar-refractivity contribution in [3.63, 3.8) is 0 Å². The van der Waals surface area contributed by atoms with Gasteiger partial charge in [0.1, 0.15) is 5.75 Å². The summed E-state index contributed by atoms with van der Waals surface area (Å²) in [5.74, 6) is 2.17. The molecule has 1 unspecified atom stereocenters. The Morgan fingerprint density at radius 1 is 1.29 bits per heavy atom. The van der Waals surface area contributed by atoms with E-state index in [9.17, 15) is 4.79 Å². The fourth-order valence-electron chi connectivity index (χ4n) is 3.01. The first kappa shape index (κ1) is 21.9. The predicted molar refractivity (Wildman–Crippen MR) is 112 cm³/mol. The molecule has 7 heteroatoms. The molecule has 1 aromatic carbocycles. The van der Waals surface area contributed by atoms with Gasteiger partial charge in [0.25, 0.3) is 0 Å². The number of benzene rings is 1. The molecule has 2 rings (SSSR count). The van der Waals surface area contributed by atoms with Crippen molar-refractivity contribution in [2.24, 2.45) is 10.9 Å². The van der Waals surface area contributed by atoms with Gasteiger partial charge in [-0.2, -0.15) is 0 Å². The summed E-state index contributed by atoms with van der Waals surface area (Å²) >= 11 is 0. The lowest BCUT2D eigenvalue weighted by Crippen LogP contribution is -2.42. The highest BCUT2D eigenvalue weighted by Crippen LogP contribution is 2.32. The first-order valence-electron chi connectivity index (χ1n) is 10.2. The number of nitrogens with zero attached hydrogens (tertiary/aromatic N) is 1. The molecule has 3 N–H and O–H groups in total. The van der Waals surface area contributed by atoms with E-state index in [1.54, 1.807) is 14.0 Å². The predicted octanol–water partition coefficient (Wildman–Crippen LogP) is 2.63. The number of hydrogen-bond acceptors (Lipinski definition) is 4. The first-order valence-corrected chi connectivity index (χ1v) is 10.2. The van der Waals surface area contributed by atoms with Crippen molar-refractivity contribution < 1.29 is 14.3 Å². The lowest BCUT2D eigenvalue weighted by atomic mass is 10.1. The standard InChI is InChI=1S/C21H34N4O3/c1-5-22-20(23-12-11-16-8-7-15(3)19(13-16)27-4)24-14-18(17-9-10-17)25-21(26)28-6-2/h7-8,13,17-18H,5-6,9-12,14H2,1-4H3,(H,25,26)(H2,22,23,24). The minimum atomic E-state index is -0.360. The van der Waals surface area contributed by atoms with Gasteiger partial charge in [-0.25, -0.2) is 4.79 Å². The van der Waals surface area contributed by atoms with Gasteiger partial charge in [-0.1, -0.05) is 12.1 Å². The van der Waals surface area contributed by atoms with Crippen LogP contribution in [0.4, 0.5) is 4.79 Å². The molecule has 0 aromatic heterocycles. The summed E-state index contributed by atoms with van der Waals surface area (Å²) in [6, 6.07) is 6.30. The Morgan fingerprint density at radius 3 is 2.71 bits per heavy atom. The minimum absolute atomic E-state index is 0.0239. The summed E-state index contributed by atoms with van der Waals surface area (Å²) in [6.07, 6.45) is 2.77. The Bertz CT molecular complexity index is 659. The molecule has 7 nitrogen and oxygen atoms in total. The largest absolute Gasteiger partial charge is 0.496 e. The number of carbonyl (C=O) groups is 1. The van der Waals surface area contributed by atoms with Gasteiger partial charge in [-0.3, -0.25) is 4.99 Å². The van der Waals surface area contributed by atoms with Crippen LogP contribution < -0.4 is 20.7 Å². The van der Waals surface area contributed by atoms with Crippen LogP contribution in [0.2, 0.25) is 0 Å². The van der Waals surface area contributed by atoms with Crippen molar-refractivity contribution >= 4 is 12.1 Å². The van der Waals surface area contributed by atoms with Gasteiger partial charge >= 0.3 is 6.09 Å². The molecule has 1 aromatic rings. The number of hydrogen-bond donors (Lipinski definition) is 3. The van der Waals surface area contributed by atoms with Crippen LogP contribution in [0.15, 0.2) is 23.2 Å². The van der Waals surface area contributed by atoms with E-state index in [4.69, 9.17) is 9.47 Å². The van der Waals surface area contributed by atoms with Crippen LogP contribution in [0, 0.1) is 12.8 Å². The van der Waals surface area contributed by atoms with Crippen LogP contribution in [-0.2, 0) is 11.2 Å². The van der Waals surface area contributed by atoms with Crippen LogP contribution in [0.1, 0.15) is 37.8 Å². The maximum absolute atomic E-state index is 11.7. The van der Waals surface area contributed by atoms with Gasteiger partial charge in [0.2, 0.25) is 0 Å². The van der Waals surface area contributed by atoms with Gasteiger partial charge < -0.3 is 25.4 Å². The smallest absolute Gasteiger partial charge is 0.407 e. The average molecular weight is 391 g/mol. The second kappa shape index (κ2) is 11.4. The van der Waals surface area contributed by atoms with E-state index in [1.165, 1.54) is 5.56 Å². The summed E-state index contributed by atoms with van der Waals surface area (Å²) in [4.78, 5) is 16.4. The van der Waals surface area contributed by atoms with Crippen molar-refractivity contribution in [1.82, 2.24) is 16.0 Å². The van der Waals surface area contributed by atoms with Gasteiger partial charge in [0, 0.05) is 13.1 Å². The molecule has 0 heterocycles. The quantitative estimate of drug-likeness (QED) is 0.422. The Morgan fingerprint density at radius 2 is 2.07 bits per heavy atom. The molecule has 1 saturated carbocycles. The number of amides is 1. The molecule has 0 radical (unpaired) electrons. The van der Waals surface area contributed by atoms with Crippen molar-refractivity contribution in [3.05, 3.63) is 29.3 Å². The second-order valence-electron chi connectivity index (χ2n) is 7.01. The number of aryl methyl sites for hydroxylation is 1. The first-order chi connectivity index (χ1) is 13.6. The number of guanidine groups is 1. The van der Waals surface area contributed by atoms with Crippen molar-refractivity contribution in [2.75, 3.05) is 33.4 Å². The molecule has 1 amide bonds. The summed E-state index contributed by atoms with van der Waals surface area (Å²) in [5.41, 5.74) is 2.35. The van der Waals surface area contributed by atoms with Crippen molar-refractivity contribution in [3.8, 4) is 5.75 Å². The molecule has 1 aliphatic carbocycles. The highest BCUT2D eigenvalue weighted by atomic mass is 16.5. The molecule has 28 heavy (non-hydrogen) atoms. The van der Waals surface area contributed by atoms with Crippen LogP contribution in [0.25, 0.3) is 0 Å². The summed E-state index contributed by atoms with van der Waals surface area (Å²) < 4.78 is 10.4. The number of alkyl carbamates (subject to hydrolysis) is 1. The number of methoxy groups -OCH3 is 1. The molecule has 1 aliphatic rings. The van der Waals surface area contributed by atoms with E-state index in [-0.39, 0.29) is 12.1 Å². The highest BCUT2D eigenvalue weighted by molar-refractivity contribution is 5.79. The molecular weight excluding hydrogens is 356 g/mol. The van der Waals surface area contributed by atoms with Crippen molar-refractivity contribution in [1.29, 1.82) is 0 Å². The minimum Gasteiger partial charge on any atom is -0.496 e. The number of ether oxygens (including phenoxy) is 2. The SMILES string of the molecule is CCNC(=NCC(NC(=O)OCC)C1CC1)NCCc1ccc(C)c(OC)c1. The van der Waals surface area contributed by atoms with E-state index >= 15 is 0 Å². The maximum Gasteiger partial charge on any atom is 0.407 e. The van der Waals surface area contributed by atoms with Crippen LogP contribution in [-0.4, -0.2) is 51.4 Å². The van der Waals surface area contributed by atoms with E-state index in [2.05, 4.69) is 39.1 Å². The highest BCUT2D eigenvalue weighted by Gasteiger charge is 2.32. The lowest BCUT2D eigenvalue weighted by molar-refractivity contribution is 0.147. The molecule has 0 bridgehead atoms. The number of carbonyl (C=O) groups excluding carboxylic acids is 1. The van der Waals surface area contributed by atoms with E-state index in [0.29, 0.717) is 19.1 Å². The third-order valence-electron chi connectivity index (χ3n) is 4.74. The molecule has 0 spiro atoms. The molecule has 1 atom stereocenters. The Kier molecular flexibility index (Phi) is 8.91. The fraction of sp³-hybridized carbons (Fsp3) is 0.619. The van der Waals surface area contributed by atoms with E-state index in [0.717, 1.165) is 49.6 Å². The zero-order valence-electron chi connectivity index (χ0n) is 17.5. The molecule has 0 saturated heterocycles. The van der Waals surface area contributed by atoms with Gasteiger partial charge in [0.05, 0.1) is 26.3 Å². The Labute approximate surface area is 168 Å². The molecule has 1 fully saturated rings. The molecule has 156 valence electrons. The monoisotopic (exact) mass is 390 g/mol. The number of aliphatic imine (C=N–C) groups is 1. The van der Waals surface area contributed by atoms with E-state index in [1.807, 2.05) is 13.8 Å². The topological polar surface area (TPSA) is 84.0 Å². The number of nitrogens with one attached hydrogen (secondary N) is 3.